The number of fused-ring (bicyclic) bond motifs is 2. The van der Waals surface area contributed by atoms with Crippen LogP contribution in [-0.4, -0.2) is 74.3 Å². The second-order valence-corrected chi connectivity index (χ2v) is 25.5. The number of hydrogen-bond acceptors (Lipinski definition) is 13. The van der Waals surface area contributed by atoms with Crippen LogP contribution in [0.4, 0.5) is 11.4 Å². The molecule has 0 aliphatic rings. The number of amides is 1. The molecule has 0 radical (unpaired) electrons. The normalized spacial score (nSPS) is 10.9. The van der Waals surface area contributed by atoms with Crippen molar-refractivity contribution in [3.05, 3.63) is 170 Å². The van der Waals surface area contributed by atoms with E-state index in [2.05, 4.69) is 145 Å². The summed E-state index contributed by atoms with van der Waals surface area (Å²) in [5, 5.41) is 22.8. The van der Waals surface area contributed by atoms with Crippen molar-refractivity contribution in [3.63, 3.8) is 0 Å². The van der Waals surface area contributed by atoms with Gasteiger partial charge in [0.05, 0.1) is 37.8 Å². The molecule has 514 valence electrons. The number of ether oxygens (including phenoxy) is 5. The number of carbonyl (C=O) groups is 3. The zero-order chi connectivity index (χ0) is 67.8. The number of nitrogens with two attached hydrogens (primary N) is 1. The van der Waals surface area contributed by atoms with Crippen molar-refractivity contribution in [2.75, 3.05) is 37.5 Å². The third-order valence-electron chi connectivity index (χ3n) is 15.0. The second-order valence-electron chi connectivity index (χ2n) is 25.5. The fourth-order valence-electron chi connectivity index (χ4n) is 9.84. The lowest BCUT2D eigenvalue weighted by atomic mass is 9.98. The molecule has 0 saturated carbocycles. The van der Waals surface area contributed by atoms with Crippen molar-refractivity contribution >= 4 is 75.3 Å². The van der Waals surface area contributed by atoms with Crippen LogP contribution in [-0.2, 0) is 19.1 Å². The summed E-state index contributed by atoms with van der Waals surface area (Å²) < 4.78 is 28.2. The lowest BCUT2D eigenvalue weighted by Crippen LogP contribution is -2.11. The predicted octanol–water partition coefficient (Wildman–Crippen LogP) is 20.0. The van der Waals surface area contributed by atoms with Crippen molar-refractivity contribution in [2.24, 2.45) is 23.7 Å². The zero-order valence-electron chi connectivity index (χ0n) is 57.6. The molecule has 0 aliphatic carbocycles. The highest BCUT2D eigenvalue weighted by Crippen LogP contribution is 2.38. The van der Waals surface area contributed by atoms with Gasteiger partial charge in [0.1, 0.15) is 45.1 Å². The lowest BCUT2D eigenvalue weighted by molar-refractivity contribution is -0.159. The van der Waals surface area contributed by atoms with E-state index in [9.17, 15) is 14.4 Å². The van der Waals surface area contributed by atoms with Gasteiger partial charge in [0.2, 0.25) is 5.91 Å². The fraction of sp³-hybridized carbons (Fsp3) is 0.362. The monoisotopic (exact) mass is 1430 g/mol. The number of nitrogens with zero attached hydrogens (tertiary/aromatic N) is 6. The number of nitrogen functional groups attached to an aromatic ring is 1. The second kappa shape index (κ2) is 38.6. The summed E-state index contributed by atoms with van der Waals surface area (Å²) in [6.07, 6.45) is 6.56. The largest absolute Gasteiger partial charge is 0.493 e. The maximum Gasteiger partial charge on any atom is 0.313 e. The molecule has 0 spiro atoms. The van der Waals surface area contributed by atoms with Gasteiger partial charge in [-0.3, -0.25) is 14.4 Å². The number of unbranched alkanes of at least 4 members (excludes halogenated alkanes) is 3. The fourth-order valence-corrected chi connectivity index (χ4v) is 9.84. The third kappa shape index (κ3) is 23.0. The van der Waals surface area contributed by atoms with Crippen molar-refractivity contribution in [1.29, 1.82) is 0 Å². The molecular formula is C80H99IN8O8. The van der Waals surface area contributed by atoms with Crippen LogP contribution in [0.25, 0.3) is 77.9 Å². The van der Waals surface area contributed by atoms with Gasteiger partial charge < -0.3 is 34.7 Å². The smallest absolute Gasteiger partial charge is 0.313 e. The number of hydrogen-bond donors (Lipinski definition) is 2. The molecule has 16 nitrogen and oxygen atoms in total. The van der Waals surface area contributed by atoms with Gasteiger partial charge in [0, 0.05) is 52.9 Å². The van der Waals surface area contributed by atoms with Crippen LogP contribution in [0.1, 0.15) is 141 Å². The molecular weight excluding hydrogens is 1330 g/mol. The number of halogens is 1. The molecule has 0 fully saturated rings. The minimum Gasteiger partial charge on any atom is -0.493 e. The minimum atomic E-state index is -0.386. The molecule has 0 bridgehead atoms. The van der Waals surface area contributed by atoms with Crippen LogP contribution in [0.15, 0.2) is 170 Å². The Kier molecular flexibility index (Phi) is 30.6. The molecule has 10 rings (SSSR count). The van der Waals surface area contributed by atoms with E-state index in [-0.39, 0.29) is 49.2 Å². The highest BCUT2D eigenvalue weighted by molar-refractivity contribution is 14.0. The standard InChI is InChI=1S/C37H42N4O3.C32H34N4O2.C10H18O3.CH4.HI/c1-6-7-8-35(42)38-29-13-15-30(16-14-29)41-39-36-33(27-9-17-31(18-10-27)43-23-25(2)3)21-22-34(37(36)40-41)28-11-19-32(20-12-28)44-24-26(4)5;1-21(2)19-37-27-13-5-23(6-14-27)29-17-18-30(24-7-15-28(16-8-24)38-20-22(3)4)32-31(29)34-36(35-32)26-11-9-25(33)10-12-26;1-3-5-7-9(11)13-10(12)8-6-4-2;;/h9-22,25-26H,6-8,23-24H2,1-5H3,(H,38,42);5-18,21-22H,19-20,33H2,1-4H3;3-8H2,1-2H3;1H4;1H. The molecule has 8 aromatic carbocycles. The van der Waals surface area contributed by atoms with Crippen molar-refractivity contribution < 1.29 is 38.1 Å². The Bertz CT molecular complexity index is 3830. The quantitative estimate of drug-likeness (QED) is 0.0204. The van der Waals surface area contributed by atoms with Gasteiger partial charge in [-0.25, -0.2) is 0 Å². The first-order valence-electron chi connectivity index (χ1n) is 33.6. The van der Waals surface area contributed by atoms with E-state index < -0.39 is 0 Å². The van der Waals surface area contributed by atoms with Crippen LogP contribution in [0.5, 0.6) is 23.0 Å². The number of rotatable bonds is 28. The summed E-state index contributed by atoms with van der Waals surface area (Å²) in [4.78, 5) is 37.4. The van der Waals surface area contributed by atoms with Crippen LogP contribution in [0, 0.1) is 23.7 Å². The Morgan fingerprint density at radius 1 is 0.392 bits per heavy atom. The van der Waals surface area contributed by atoms with Crippen LogP contribution >= 0.6 is 24.0 Å². The van der Waals surface area contributed by atoms with Crippen LogP contribution in [0.2, 0.25) is 0 Å². The summed E-state index contributed by atoms with van der Waals surface area (Å²) in [5.41, 5.74) is 20.5. The Balaban J connectivity index is 0.000000257. The SMILES string of the molecule is C.CC(C)COc1ccc(-c2ccc(-c3ccc(OCC(C)C)cc3)c3nn(-c4ccc(N)cc4)nc23)cc1.CCCCC(=O)Nc1ccc(-n2nc3c(-c4ccc(OCC(C)C)cc4)ccc(-c4ccc(OCC(C)C)cc4)c3n2)cc1.CCCCC(=O)OC(=O)CCCC.I. The van der Waals surface area contributed by atoms with E-state index >= 15 is 0 Å². The molecule has 97 heavy (non-hydrogen) atoms. The molecule has 2 aromatic heterocycles. The Morgan fingerprint density at radius 2 is 0.660 bits per heavy atom. The zero-order valence-corrected chi connectivity index (χ0v) is 59.9. The summed E-state index contributed by atoms with van der Waals surface area (Å²) >= 11 is 0. The van der Waals surface area contributed by atoms with E-state index in [1.165, 1.54) is 0 Å². The Hall–Kier alpha value is -9.10. The van der Waals surface area contributed by atoms with E-state index in [1.807, 2.05) is 111 Å². The summed E-state index contributed by atoms with van der Waals surface area (Å²) in [7, 11) is 0. The first-order chi connectivity index (χ1) is 45.9. The highest BCUT2D eigenvalue weighted by Gasteiger charge is 2.20. The highest BCUT2D eigenvalue weighted by atomic mass is 127. The van der Waals surface area contributed by atoms with Gasteiger partial charge in [0.15, 0.2) is 0 Å². The van der Waals surface area contributed by atoms with Crippen LogP contribution < -0.4 is 30.0 Å². The average Bonchev–Trinajstić information content (AvgIpc) is 1.66. The molecule has 0 saturated heterocycles. The number of esters is 2. The van der Waals surface area contributed by atoms with Crippen molar-refractivity contribution in [1.82, 2.24) is 30.0 Å². The number of benzene rings is 8. The van der Waals surface area contributed by atoms with Gasteiger partial charge in [-0.05, 0) is 162 Å². The number of nitrogens with one attached hydrogen (secondary N) is 1. The third-order valence-corrected chi connectivity index (χ3v) is 15.0. The summed E-state index contributed by atoms with van der Waals surface area (Å²) in [6, 6.07) is 56.3. The van der Waals surface area contributed by atoms with Gasteiger partial charge in [-0.15, -0.1) is 44.4 Å². The van der Waals surface area contributed by atoms with E-state index in [4.69, 9.17) is 45.1 Å². The van der Waals surface area contributed by atoms with Crippen LogP contribution in [0.3, 0.4) is 0 Å². The average molecular weight is 1430 g/mol. The van der Waals surface area contributed by atoms with E-state index in [1.54, 1.807) is 9.59 Å². The maximum atomic E-state index is 12.2. The van der Waals surface area contributed by atoms with E-state index in [0.29, 0.717) is 75.0 Å². The van der Waals surface area contributed by atoms with Crippen molar-refractivity contribution in [3.8, 4) is 78.9 Å². The van der Waals surface area contributed by atoms with E-state index in [0.717, 1.165) is 145 Å². The Labute approximate surface area is 591 Å². The summed E-state index contributed by atoms with van der Waals surface area (Å²) in [5.74, 6) is 4.53. The molecule has 2 heterocycles. The molecule has 10 aromatic rings. The first kappa shape index (κ1) is 76.9. The molecule has 17 heteroatoms. The van der Waals surface area contributed by atoms with Gasteiger partial charge in [-0.2, -0.15) is 9.59 Å². The molecule has 3 N–H and O–H groups in total. The topological polar surface area (TPSA) is 197 Å². The molecule has 1 amide bonds. The van der Waals surface area contributed by atoms with Crippen molar-refractivity contribution in [2.45, 2.75) is 141 Å². The van der Waals surface area contributed by atoms with Gasteiger partial charge in [0.25, 0.3) is 0 Å². The Morgan fingerprint density at radius 3 is 0.928 bits per heavy atom. The molecule has 0 atom stereocenters. The maximum absolute atomic E-state index is 12.2. The first-order valence-corrected chi connectivity index (χ1v) is 33.6. The number of anilines is 2. The number of carbonyl (C=O) groups excluding carboxylic acids is 3. The number of aromatic nitrogens is 6. The predicted molar refractivity (Wildman–Crippen MR) is 406 cm³/mol. The molecule has 0 aliphatic heterocycles. The lowest BCUT2D eigenvalue weighted by Gasteiger charge is -2.11. The van der Waals surface area contributed by atoms with Gasteiger partial charge in [-0.1, -0.05) is 176 Å². The van der Waals surface area contributed by atoms with Gasteiger partial charge >= 0.3 is 11.9 Å². The minimum absolute atomic E-state index is 0. The summed E-state index contributed by atoms with van der Waals surface area (Å²) in [6.45, 7) is 25.9. The molecule has 0 unspecified atom stereocenters.